The van der Waals surface area contributed by atoms with Crippen molar-refractivity contribution in [2.45, 2.75) is 58.1 Å². The van der Waals surface area contributed by atoms with Crippen LogP contribution in [0.2, 0.25) is 0 Å². The van der Waals surface area contributed by atoms with Gasteiger partial charge in [-0.2, -0.15) is 0 Å². The summed E-state index contributed by atoms with van der Waals surface area (Å²) in [6.07, 6.45) is 3.13. The summed E-state index contributed by atoms with van der Waals surface area (Å²) in [6, 6.07) is 0. The van der Waals surface area contributed by atoms with Crippen molar-refractivity contribution in [3.63, 3.8) is 0 Å². The number of rotatable bonds is 1. The van der Waals surface area contributed by atoms with E-state index in [1.807, 2.05) is 20.8 Å². The maximum absolute atomic E-state index is 11.9. The van der Waals surface area contributed by atoms with Gasteiger partial charge < -0.3 is 15.4 Å². The third-order valence-electron chi connectivity index (χ3n) is 4.17. The summed E-state index contributed by atoms with van der Waals surface area (Å²) < 4.78 is 5.37. The molecule has 98 valence electrons. The Morgan fingerprint density at radius 1 is 1.29 bits per heavy atom. The van der Waals surface area contributed by atoms with Gasteiger partial charge in [-0.3, -0.25) is 0 Å². The summed E-state index contributed by atoms with van der Waals surface area (Å²) >= 11 is 0. The predicted octanol–water partition coefficient (Wildman–Crippen LogP) is 2.04. The van der Waals surface area contributed by atoms with Gasteiger partial charge in [-0.05, 0) is 33.6 Å². The summed E-state index contributed by atoms with van der Waals surface area (Å²) in [6.45, 7) is 9.80. The number of carbonyl (C=O) groups is 1. The van der Waals surface area contributed by atoms with Crippen LogP contribution in [0.25, 0.3) is 0 Å². The van der Waals surface area contributed by atoms with Crippen molar-refractivity contribution in [3.05, 3.63) is 0 Å². The van der Waals surface area contributed by atoms with Gasteiger partial charge in [0.15, 0.2) is 0 Å². The van der Waals surface area contributed by atoms with Crippen LogP contribution in [0, 0.1) is 5.41 Å². The van der Waals surface area contributed by atoms with E-state index in [0.717, 1.165) is 19.5 Å². The molecule has 1 aliphatic carbocycles. The first kappa shape index (κ1) is 12.7. The molecule has 1 saturated heterocycles. The predicted molar refractivity (Wildman–Crippen MR) is 66.9 cm³/mol. The summed E-state index contributed by atoms with van der Waals surface area (Å²) in [5.74, 6) is 0. The molecule has 0 spiro atoms. The Balaban J connectivity index is 2.05. The van der Waals surface area contributed by atoms with E-state index < -0.39 is 5.60 Å². The molecule has 1 heterocycles. The monoisotopic (exact) mass is 240 g/mol. The number of fused-ring (bicyclic) bond motifs is 1. The highest BCUT2D eigenvalue weighted by Gasteiger charge is 2.56. The lowest BCUT2D eigenvalue weighted by Gasteiger charge is -2.38. The number of carbonyl (C=O) groups excluding carboxylic acids is 1. The SMILES string of the molecule is CC(C)(C)OC(=O)N[C@@]12CCC[C@]1(C)CNC2. The second kappa shape index (κ2) is 3.87. The third kappa shape index (κ3) is 2.28. The van der Waals surface area contributed by atoms with Crippen LogP contribution in [0.3, 0.4) is 0 Å². The zero-order chi connectivity index (χ0) is 12.7. The molecule has 0 bridgehead atoms. The fraction of sp³-hybridized carbons (Fsp3) is 0.923. The van der Waals surface area contributed by atoms with Crippen molar-refractivity contribution in [2.24, 2.45) is 5.41 Å². The van der Waals surface area contributed by atoms with Crippen LogP contribution >= 0.6 is 0 Å². The molecule has 0 radical (unpaired) electrons. The summed E-state index contributed by atoms with van der Waals surface area (Å²) in [5, 5.41) is 6.53. The molecule has 2 N–H and O–H groups in total. The topological polar surface area (TPSA) is 50.4 Å². The first-order valence-corrected chi connectivity index (χ1v) is 6.48. The van der Waals surface area contributed by atoms with E-state index >= 15 is 0 Å². The lowest BCUT2D eigenvalue weighted by Crippen LogP contribution is -2.56. The quantitative estimate of drug-likeness (QED) is 0.737. The molecular formula is C13H24N2O2. The van der Waals surface area contributed by atoms with Crippen molar-refractivity contribution in [2.75, 3.05) is 13.1 Å². The molecule has 0 aromatic heterocycles. The van der Waals surface area contributed by atoms with Crippen LogP contribution in [0.5, 0.6) is 0 Å². The van der Waals surface area contributed by atoms with E-state index in [2.05, 4.69) is 17.6 Å². The Morgan fingerprint density at radius 2 is 2.00 bits per heavy atom. The fourth-order valence-corrected chi connectivity index (χ4v) is 3.19. The number of hydrogen-bond acceptors (Lipinski definition) is 3. The molecule has 0 aromatic carbocycles. The summed E-state index contributed by atoms with van der Waals surface area (Å²) in [4.78, 5) is 11.9. The first-order valence-electron chi connectivity index (χ1n) is 6.48. The van der Waals surface area contributed by atoms with Crippen LogP contribution in [0.4, 0.5) is 4.79 Å². The van der Waals surface area contributed by atoms with Gasteiger partial charge >= 0.3 is 6.09 Å². The Kier molecular flexibility index (Phi) is 2.89. The minimum atomic E-state index is -0.429. The number of amides is 1. The van der Waals surface area contributed by atoms with Crippen LogP contribution in [-0.4, -0.2) is 30.3 Å². The molecule has 1 amide bonds. The second-order valence-corrected chi connectivity index (χ2v) is 6.73. The molecule has 4 heteroatoms. The molecular weight excluding hydrogens is 216 g/mol. The van der Waals surface area contributed by atoms with E-state index in [9.17, 15) is 4.79 Å². The molecule has 0 unspecified atom stereocenters. The molecule has 2 rings (SSSR count). The lowest BCUT2D eigenvalue weighted by atomic mass is 9.76. The Labute approximate surface area is 103 Å². The van der Waals surface area contributed by atoms with Crippen LogP contribution < -0.4 is 10.6 Å². The van der Waals surface area contributed by atoms with Gasteiger partial charge in [-0.1, -0.05) is 13.3 Å². The van der Waals surface area contributed by atoms with Crippen molar-refractivity contribution in [1.29, 1.82) is 0 Å². The highest BCUT2D eigenvalue weighted by Crippen LogP contribution is 2.48. The van der Waals surface area contributed by atoms with Crippen LogP contribution in [0.15, 0.2) is 0 Å². The first-order chi connectivity index (χ1) is 7.77. The largest absolute Gasteiger partial charge is 0.444 e. The second-order valence-electron chi connectivity index (χ2n) is 6.73. The van der Waals surface area contributed by atoms with Crippen LogP contribution in [0.1, 0.15) is 47.0 Å². The fourth-order valence-electron chi connectivity index (χ4n) is 3.19. The highest BCUT2D eigenvalue weighted by molar-refractivity contribution is 5.69. The number of hydrogen-bond donors (Lipinski definition) is 2. The Hall–Kier alpha value is -0.770. The summed E-state index contributed by atoms with van der Waals surface area (Å²) in [5.41, 5.74) is -0.346. The maximum Gasteiger partial charge on any atom is 0.408 e. The third-order valence-corrected chi connectivity index (χ3v) is 4.17. The average molecular weight is 240 g/mol. The average Bonchev–Trinajstić information content (AvgIpc) is 2.53. The molecule has 2 atom stereocenters. The van der Waals surface area contributed by atoms with E-state index in [1.54, 1.807) is 0 Å². The minimum absolute atomic E-state index is 0.102. The van der Waals surface area contributed by atoms with E-state index in [0.29, 0.717) is 0 Å². The zero-order valence-electron chi connectivity index (χ0n) is 11.4. The van der Waals surface area contributed by atoms with Gasteiger partial charge in [0.05, 0.1) is 5.54 Å². The van der Waals surface area contributed by atoms with E-state index in [-0.39, 0.29) is 17.0 Å². The minimum Gasteiger partial charge on any atom is -0.444 e. The maximum atomic E-state index is 11.9. The molecule has 2 aliphatic rings. The van der Waals surface area contributed by atoms with Crippen molar-refractivity contribution in [3.8, 4) is 0 Å². The van der Waals surface area contributed by atoms with E-state index in [1.165, 1.54) is 12.8 Å². The van der Waals surface area contributed by atoms with Gasteiger partial charge in [0.25, 0.3) is 0 Å². The normalized spacial score (nSPS) is 36.7. The summed E-state index contributed by atoms with van der Waals surface area (Å²) in [7, 11) is 0. The number of nitrogens with one attached hydrogen (secondary N) is 2. The van der Waals surface area contributed by atoms with Gasteiger partial charge in [0.2, 0.25) is 0 Å². The molecule has 4 nitrogen and oxygen atoms in total. The van der Waals surface area contributed by atoms with Crippen molar-refractivity contribution in [1.82, 2.24) is 10.6 Å². The van der Waals surface area contributed by atoms with Crippen LogP contribution in [-0.2, 0) is 4.74 Å². The molecule has 1 saturated carbocycles. The molecule has 2 fully saturated rings. The Bertz CT molecular complexity index is 310. The molecule has 17 heavy (non-hydrogen) atoms. The number of alkyl carbamates (subject to hydrolysis) is 1. The van der Waals surface area contributed by atoms with Gasteiger partial charge in [0, 0.05) is 18.5 Å². The highest BCUT2D eigenvalue weighted by atomic mass is 16.6. The van der Waals surface area contributed by atoms with Crippen molar-refractivity contribution < 1.29 is 9.53 Å². The Morgan fingerprint density at radius 3 is 2.65 bits per heavy atom. The number of ether oxygens (including phenoxy) is 1. The van der Waals surface area contributed by atoms with Gasteiger partial charge in [-0.25, -0.2) is 4.79 Å². The molecule has 1 aliphatic heterocycles. The van der Waals surface area contributed by atoms with Crippen molar-refractivity contribution >= 4 is 6.09 Å². The lowest BCUT2D eigenvalue weighted by molar-refractivity contribution is 0.0406. The molecule has 0 aromatic rings. The van der Waals surface area contributed by atoms with Gasteiger partial charge in [-0.15, -0.1) is 0 Å². The van der Waals surface area contributed by atoms with E-state index in [4.69, 9.17) is 4.74 Å². The van der Waals surface area contributed by atoms with Gasteiger partial charge in [0.1, 0.15) is 5.60 Å². The standard InChI is InChI=1S/C13H24N2O2/c1-11(2,3)17-10(16)15-13-7-5-6-12(13,4)8-14-9-13/h14H,5-9H2,1-4H3,(H,15,16)/t12-,13-/m1/s1. The zero-order valence-corrected chi connectivity index (χ0v) is 11.4. The smallest absolute Gasteiger partial charge is 0.408 e.